The smallest absolute Gasteiger partial charge is 0.0433 e. The van der Waals surface area contributed by atoms with Crippen molar-refractivity contribution in [2.24, 2.45) is 0 Å². The number of hydrogen-bond donors (Lipinski definition) is 0. The van der Waals surface area contributed by atoms with E-state index < -0.39 is 0 Å². The van der Waals surface area contributed by atoms with Gasteiger partial charge in [-0.3, -0.25) is 0 Å². The first-order valence-electron chi connectivity index (χ1n) is 19.0. The molecule has 52 heavy (non-hydrogen) atoms. The molecule has 0 fully saturated rings. The summed E-state index contributed by atoms with van der Waals surface area (Å²) in [5.74, 6) is 0. The van der Waals surface area contributed by atoms with Crippen molar-refractivity contribution >= 4 is 11.4 Å². The summed E-state index contributed by atoms with van der Waals surface area (Å²) in [4.78, 5) is 4.99. The van der Waals surface area contributed by atoms with Gasteiger partial charge in [-0.15, -0.1) is 0 Å². The van der Waals surface area contributed by atoms with Gasteiger partial charge < -0.3 is 9.80 Å². The third-order valence-electron chi connectivity index (χ3n) is 10.2. The van der Waals surface area contributed by atoms with Crippen molar-refractivity contribution in [2.45, 2.75) is 58.2 Å². The first-order valence-corrected chi connectivity index (χ1v) is 19.0. The van der Waals surface area contributed by atoms with Gasteiger partial charge in [0.2, 0.25) is 0 Å². The minimum absolute atomic E-state index is 0.886. The number of benzene rings is 6. The molecule has 0 radical (unpaired) electrons. The Kier molecular flexibility index (Phi) is 12.1. The molecule has 0 heterocycles. The van der Waals surface area contributed by atoms with Gasteiger partial charge >= 0.3 is 0 Å². The molecule has 1 aliphatic carbocycles. The third-order valence-corrected chi connectivity index (χ3v) is 10.2. The molecule has 0 aliphatic heterocycles. The first kappa shape index (κ1) is 34.8. The lowest BCUT2D eigenvalue weighted by Crippen LogP contribution is -2.25. The van der Waals surface area contributed by atoms with Gasteiger partial charge in [0.1, 0.15) is 0 Å². The maximum Gasteiger partial charge on any atom is 0.0433 e. The lowest BCUT2D eigenvalue weighted by atomic mass is 10.00. The van der Waals surface area contributed by atoms with Crippen molar-refractivity contribution in [3.05, 3.63) is 227 Å². The van der Waals surface area contributed by atoms with E-state index in [9.17, 15) is 0 Å². The van der Waals surface area contributed by atoms with Gasteiger partial charge in [0.25, 0.3) is 0 Å². The van der Waals surface area contributed by atoms with Gasteiger partial charge in [-0.2, -0.15) is 0 Å². The Morgan fingerprint density at radius 1 is 0.346 bits per heavy atom. The second-order valence-corrected chi connectivity index (χ2v) is 14.1. The minimum atomic E-state index is 0.886. The van der Waals surface area contributed by atoms with E-state index in [1.807, 2.05) is 0 Å². The summed E-state index contributed by atoms with van der Waals surface area (Å²) in [5.41, 5.74) is 13.6. The Bertz CT molecular complexity index is 1950. The van der Waals surface area contributed by atoms with E-state index in [-0.39, 0.29) is 0 Å². The molecule has 0 bridgehead atoms. The predicted octanol–water partition coefficient (Wildman–Crippen LogP) is 11.7. The van der Waals surface area contributed by atoms with Crippen LogP contribution in [0.25, 0.3) is 0 Å². The van der Waals surface area contributed by atoms with E-state index in [1.54, 1.807) is 0 Å². The van der Waals surface area contributed by atoms with Crippen LogP contribution in [-0.4, -0.2) is 6.54 Å². The number of aryl methyl sites for hydroxylation is 4. The van der Waals surface area contributed by atoms with Gasteiger partial charge in [0, 0.05) is 37.6 Å². The summed E-state index contributed by atoms with van der Waals surface area (Å²) in [6, 6.07) is 60.1. The monoisotopic (exact) mass is 678 g/mol. The summed E-state index contributed by atoms with van der Waals surface area (Å²) in [6.45, 7) is 3.66. The quantitative estimate of drug-likeness (QED) is 0.101. The maximum absolute atomic E-state index is 2.52. The van der Waals surface area contributed by atoms with E-state index in [1.165, 1.54) is 55.9 Å². The highest BCUT2D eigenvalue weighted by molar-refractivity contribution is 5.51. The van der Waals surface area contributed by atoms with E-state index in [0.29, 0.717) is 0 Å². The Morgan fingerprint density at radius 3 is 1.04 bits per heavy atom. The highest BCUT2D eigenvalue weighted by Gasteiger charge is 2.12. The maximum atomic E-state index is 2.52. The lowest BCUT2D eigenvalue weighted by Gasteiger charge is -2.27. The number of nitrogens with zero attached hydrogens (tertiary/aromatic N) is 2. The lowest BCUT2D eigenvalue weighted by molar-refractivity contribution is 0.799. The molecule has 1 aliphatic rings. The molecular formula is C50H50N2. The van der Waals surface area contributed by atoms with Crippen LogP contribution in [0.5, 0.6) is 0 Å². The fourth-order valence-corrected chi connectivity index (χ4v) is 7.11. The van der Waals surface area contributed by atoms with Crippen LogP contribution >= 0.6 is 0 Å². The SMILES string of the molecule is C1=CCCC(CN(Cc2ccccc2)c2ccc(CCc3ccc(CCc4ccc(N(Cc5ccccc5)Cc5ccccc5)cc4)cc3)cc2)=C1. The fraction of sp³-hybridized carbons (Fsp3) is 0.200. The van der Waals surface area contributed by atoms with Gasteiger partial charge in [-0.1, -0.05) is 163 Å². The minimum Gasteiger partial charge on any atom is -0.363 e. The molecule has 6 aromatic rings. The highest BCUT2D eigenvalue weighted by atomic mass is 15.1. The molecule has 0 spiro atoms. The summed E-state index contributed by atoms with van der Waals surface area (Å²) < 4.78 is 0. The zero-order valence-corrected chi connectivity index (χ0v) is 30.3. The van der Waals surface area contributed by atoms with Crippen molar-refractivity contribution in [3.8, 4) is 0 Å². The molecular weight excluding hydrogens is 629 g/mol. The molecule has 2 heteroatoms. The summed E-state index contributed by atoms with van der Waals surface area (Å²) in [7, 11) is 0. The Labute approximate surface area is 311 Å². The molecule has 0 saturated heterocycles. The van der Waals surface area contributed by atoms with E-state index >= 15 is 0 Å². The van der Waals surface area contributed by atoms with Crippen LogP contribution in [0.1, 0.15) is 51.8 Å². The predicted molar refractivity (Wildman–Crippen MR) is 221 cm³/mol. The van der Waals surface area contributed by atoms with Crippen molar-refractivity contribution in [1.82, 2.24) is 0 Å². The molecule has 0 N–H and O–H groups in total. The average molecular weight is 679 g/mol. The van der Waals surface area contributed by atoms with Crippen LogP contribution in [0.2, 0.25) is 0 Å². The van der Waals surface area contributed by atoms with Crippen molar-refractivity contribution in [1.29, 1.82) is 0 Å². The van der Waals surface area contributed by atoms with Crippen LogP contribution in [0.15, 0.2) is 188 Å². The highest BCUT2D eigenvalue weighted by Crippen LogP contribution is 2.24. The second-order valence-electron chi connectivity index (χ2n) is 14.1. The molecule has 0 aromatic heterocycles. The van der Waals surface area contributed by atoms with Gasteiger partial charge in [-0.05, 0) is 102 Å². The zero-order valence-electron chi connectivity index (χ0n) is 30.3. The topological polar surface area (TPSA) is 6.48 Å². The van der Waals surface area contributed by atoms with E-state index in [2.05, 4.69) is 192 Å². The van der Waals surface area contributed by atoms with Crippen molar-refractivity contribution in [2.75, 3.05) is 16.3 Å². The summed E-state index contributed by atoms with van der Waals surface area (Å²) in [6.07, 6.45) is 13.3. The van der Waals surface area contributed by atoms with Crippen LogP contribution in [0.4, 0.5) is 11.4 Å². The number of anilines is 2. The van der Waals surface area contributed by atoms with Gasteiger partial charge in [0.15, 0.2) is 0 Å². The fourth-order valence-electron chi connectivity index (χ4n) is 7.11. The Balaban J connectivity index is 0.915. The number of hydrogen-bond acceptors (Lipinski definition) is 2. The molecule has 260 valence electrons. The summed E-state index contributed by atoms with van der Waals surface area (Å²) >= 11 is 0. The normalized spacial score (nSPS) is 12.3. The molecule has 0 unspecified atom stereocenters. The molecule has 2 nitrogen and oxygen atoms in total. The van der Waals surface area contributed by atoms with Crippen LogP contribution in [0.3, 0.4) is 0 Å². The first-order chi connectivity index (χ1) is 25.7. The average Bonchev–Trinajstić information content (AvgIpc) is 3.21. The van der Waals surface area contributed by atoms with Crippen LogP contribution in [0, 0.1) is 0 Å². The molecule has 0 amide bonds. The Hall–Kier alpha value is -5.60. The summed E-state index contributed by atoms with van der Waals surface area (Å²) in [5, 5.41) is 0. The van der Waals surface area contributed by atoms with Crippen LogP contribution < -0.4 is 9.80 Å². The molecule has 6 aromatic carbocycles. The number of allylic oxidation sites excluding steroid dienone is 3. The molecule has 7 rings (SSSR count). The van der Waals surface area contributed by atoms with Gasteiger partial charge in [-0.25, -0.2) is 0 Å². The van der Waals surface area contributed by atoms with Crippen LogP contribution in [-0.2, 0) is 45.3 Å². The second kappa shape index (κ2) is 18.1. The van der Waals surface area contributed by atoms with Crippen molar-refractivity contribution < 1.29 is 0 Å². The van der Waals surface area contributed by atoms with Crippen molar-refractivity contribution in [3.63, 3.8) is 0 Å². The Morgan fingerprint density at radius 2 is 0.692 bits per heavy atom. The number of rotatable bonds is 16. The van der Waals surface area contributed by atoms with Gasteiger partial charge in [0.05, 0.1) is 0 Å². The van der Waals surface area contributed by atoms with E-state index in [4.69, 9.17) is 0 Å². The molecule has 0 saturated carbocycles. The third kappa shape index (κ3) is 10.2. The largest absolute Gasteiger partial charge is 0.363 e. The standard InChI is InChI=1S/C50H50N2/c1-5-13-45(14-6-1)37-51(38-46-15-7-2-8-16-46)49-33-29-43(30-34-49)27-25-41-21-23-42(24-22-41)26-28-44-31-35-50(36-32-44)52(39-47-17-9-3-10-18-47)40-48-19-11-4-12-20-48/h1-11,13-19,21-24,29-36H,12,20,25-28,37-40H2. The zero-order chi connectivity index (χ0) is 35.2. The van der Waals surface area contributed by atoms with E-state index in [0.717, 1.165) is 64.7 Å². The molecule has 0 atom stereocenters.